The fourth-order valence-corrected chi connectivity index (χ4v) is 5.38. The highest BCUT2D eigenvalue weighted by Gasteiger charge is 2.72. The number of fused-ring (bicyclic) bond motifs is 3. The van der Waals surface area contributed by atoms with E-state index in [1.165, 1.54) is 0 Å². The van der Waals surface area contributed by atoms with Gasteiger partial charge in [-0.3, -0.25) is 0 Å². The van der Waals surface area contributed by atoms with Crippen molar-refractivity contribution in [3.63, 3.8) is 0 Å². The average Bonchev–Trinajstić information content (AvgIpc) is 3.01. The standard InChI is InChI=1S/C16H24O3/c1-8-5-12-13(19-12)11-6-16(14(17)15(8,11)4)9(2)7-18-10(16)3/h8,10-14,17H,2,5-7H2,1,3-4H3/t8?,10-,11?,12?,13?,14?,15?,16?/m1/s1. The van der Waals surface area contributed by atoms with Gasteiger partial charge in [-0.2, -0.15) is 0 Å². The molecule has 0 bridgehead atoms. The maximum absolute atomic E-state index is 11.2. The molecule has 0 radical (unpaired) electrons. The molecule has 106 valence electrons. The van der Waals surface area contributed by atoms with Crippen molar-refractivity contribution in [2.45, 2.75) is 58.0 Å². The number of hydrogen-bond donors (Lipinski definition) is 1. The van der Waals surface area contributed by atoms with Crippen LogP contribution in [0.5, 0.6) is 0 Å². The zero-order chi connectivity index (χ0) is 13.6. The van der Waals surface area contributed by atoms with E-state index in [1.54, 1.807) is 0 Å². The van der Waals surface area contributed by atoms with Gasteiger partial charge in [-0.25, -0.2) is 0 Å². The second-order valence-corrected chi connectivity index (χ2v) is 7.45. The van der Waals surface area contributed by atoms with Gasteiger partial charge in [0.25, 0.3) is 0 Å². The molecule has 8 atom stereocenters. The van der Waals surface area contributed by atoms with Crippen LogP contribution >= 0.6 is 0 Å². The molecule has 7 unspecified atom stereocenters. The molecule has 2 saturated heterocycles. The van der Waals surface area contributed by atoms with Crippen molar-refractivity contribution in [3.05, 3.63) is 12.2 Å². The van der Waals surface area contributed by atoms with Crippen LogP contribution in [0.15, 0.2) is 12.2 Å². The SMILES string of the molecule is C=C1CO[C@H](C)C12CC1C3OC3CC(C)C1(C)C2O. The molecule has 1 N–H and O–H groups in total. The summed E-state index contributed by atoms with van der Waals surface area (Å²) in [6.07, 6.45) is 2.61. The maximum atomic E-state index is 11.2. The summed E-state index contributed by atoms with van der Waals surface area (Å²) >= 11 is 0. The Labute approximate surface area is 115 Å². The van der Waals surface area contributed by atoms with Gasteiger partial charge in [-0.15, -0.1) is 0 Å². The Kier molecular flexibility index (Phi) is 2.24. The fourth-order valence-electron chi connectivity index (χ4n) is 5.38. The normalized spacial score (nSPS) is 63.3. The Hall–Kier alpha value is -0.380. The fraction of sp³-hybridized carbons (Fsp3) is 0.875. The van der Waals surface area contributed by atoms with Gasteiger partial charge in [0, 0.05) is 10.8 Å². The highest BCUT2D eigenvalue weighted by molar-refractivity contribution is 5.30. The number of hydrogen-bond acceptors (Lipinski definition) is 3. The molecule has 2 heterocycles. The van der Waals surface area contributed by atoms with E-state index >= 15 is 0 Å². The van der Waals surface area contributed by atoms with E-state index in [0.29, 0.717) is 30.7 Å². The summed E-state index contributed by atoms with van der Waals surface area (Å²) in [5.41, 5.74) is 0.796. The van der Waals surface area contributed by atoms with Crippen LogP contribution in [0, 0.1) is 22.7 Å². The van der Waals surface area contributed by atoms with Gasteiger partial charge in [-0.1, -0.05) is 20.4 Å². The highest BCUT2D eigenvalue weighted by Crippen LogP contribution is 2.69. The lowest BCUT2D eigenvalue weighted by Gasteiger charge is -2.44. The lowest BCUT2D eigenvalue weighted by Crippen LogP contribution is -2.49. The monoisotopic (exact) mass is 264 g/mol. The first-order valence-corrected chi connectivity index (χ1v) is 7.55. The van der Waals surface area contributed by atoms with Crippen LogP contribution in [0.2, 0.25) is 0 Å². The Morgan fingerprint density at radius 2 is 2.11 bits per heavy atom. The number of ether oxygens (including phenoxy) is 2. The molecule has 0 aromatic carbocycles. The van der Waals surface area contributed by atoms with E-state index in [2.05, 4.69) is 27.4 Å². The first-order valence-electron chi connectivity index (χ1n) is 7.55. The Morgan fingerprint density at radius 3 is 2.74 bits per heavy atom. The van der Waals surface area contributed by atoms with E-state index < -0.39 is 0 Å². The van der Waals surface area contributed by atoms with Crippen molar-refractivity contribution in [2.24, 2.45) is 22.7 Å². The van der Waals surface area contributed by atoms with Gasteiger partial charge in [0.2, 0.25) is 0 Å². The maximum Gasteiger partial charge on any atom is 0.0876 e. The van der Waals surface area contributed by atoms with Crippen molar-refractivity contribution >= 4 is 0 Å². The highest BCUT2D eigenvalue weighted by atomic mass is 16.6. The second kappa shape index (κ2) is 3.44. The molecule has 3 heteroatoms. The van der Waals surface area contributed by atoms with Gasteiger partial charge in [0.05, 0.1) is 31.0 Å². The van der Waals surface area contributed by atoms with Gasteiger partial charge in [0.15, 0.2) is 0 Å². The van der Waals surface area contributed by atoms with Crippen LogP contribution in [-0.2, 0) is 9.47 Å². The predicted molar refractivity (Wildman–Crippen MR) is 71.6 cm³/mol. The summed E-state index contributed by atoms with van der Waals surface area (Å²) < 4.78 is 11.7. The van der Waals surface area contributed by atoms with E-state index in [0.717, 1.165) is 18.4 Å². The third kappa shape index (κ3) is 1.21. The first-order chi connectivity index (χ1) is 8.92. The van der Waals surface area contributed by atoms with Gasteiger partial charge < -0.3 is 14.6 Å². The second-order valence-electron chi connectivity index (χ2n) is 7.45. The third-order valence-electron chi connectivity index (χ3n) is 6.99. The molecule has 19 heavy (non-hydrogen) atoms. The van der Waals surface area contributed by atoms with Crippen molar-refractivity contribution in [3.8, 4) is 0 Å². The molecule has 2 aliphatic carbocycles. The topological polar surface area (TPSA) is 42.0 Å². The van der Waals surface area contributed by atoms with E-state index in [-0.39, 0.29) is 23.0 Å². The molecule has 4 fully saturated rings. The van der Waals surface area contributed by atoms with Crippen LogP contribution < -0.4 is 0 Å². The van der Waals surface area contributed by atoms with Crippen LogP contribution in [0.3, 0.4) is 0 Å². The summed E-state index contributed by atoms with van der Waals surface area (Å²) in [6.45, 7) is 11.4. The quantitative estimate of drug-likeness (QED) is 0.538. The van der Waals surface area contributed by atoms with Gasteiger partial charge >= 0.3 is 0 Å². The minimum Gasteiger partial charge on any atom is -0.392 e. The van der Waals surface area contributed by atoms with Crippen molar-refractivity contribution in [1.29, 1.82) is 0 Å². The molecule has 0 amide bonds. The minimum atomic E-state index is -0.352. The number of aliphatic hydroxyl groups excluding tert-OH is 1. The lowest BCUT2D eigenvalue weighted by molar-refractivity contribution is -0.0719. The first kappa shape index (κ1) is 12.4. The number of epoxide rings is 1. The van der Waals surface area contributed by atoms with Crippen LogP contribution in [0.4, 0.5) is 0 Å². The van der Waals surface area contributed by atoms with Gasteiger partial charge in [0.1, 0.15) is 0 Å². The Balaban J connectivity index is 1.81. The lowest BCUT2D eigenvalue weighted by atomic mass is 9.61. The molecule has 4 aliphatic rings. The summed E-state index contributed by atoms with van der Waals surface area (Å²) in [5, 5.41) is 11.2. The Morgan fingerprint density at radius 1 is 1.37 bits per heavy atom. The van der Waals surface area contributed by atoms with E-state index in [4.69, 9.17) is 9.47 Å². The molecule has 3 nitrogen and oxygen atoms in total. The average molecular weight is 264 g/mol. The molecule has 4 rings (SSSR count). The third-order valence-corrected chi connectivity index (χ3v) is 6.99. The van der Waals surface area contributed by atoms with Crippen molar-refractivity contribution in [1.82, 2.24) is 0 Å². The molecule has 0 aromatic rings. The molecule has 2 aliphatic heterocycles. The number of rotatable bonds is 0. The summed E-state index contributed by atoms with van der Waals surface area (Å²) in [5.74, 6) is 0.952. The zero-order valence-corrected chi connectivity index (χ0v) is 12.1. The molecule has 2 saturated carbocycles. The van der Waals surface area contributed by atoms with Crippen LogP contribution in [-0.4, -0.2) is 36.1 Å². The summed E-state index contributed by atoms with van der Waals surface area (Å²) in [7, 11) is 0. The Bertz CT molecular complexity index is 447. The smallest absolute Gasteiger partial charge is 0.0876 e. The molecule has 1 spiro atoms. The van der Waals surface area contributed by atoms with Crippen molar-refractivity contribution < 1.29 is 14.6 Å². The molecular formula is C16H24O3. The molecule has 0 aromatic heterocycles. The van der Waals surface area contributed by atoms with E-state index in [1.807, 2.05) is 0 Å². The largest absolute Gasteiger partial charge is 0.392 e. The van der Waals surface area contributed by atoms with Crippen LogP contribution in [0.1, 0.15) is 33.6 Å². The zero-order valence-electron chi connectivity index (χ0n) is 12.1. The van der Waals surface area contributed by atoms with E-state index in [9.17, 15) is 5.11 Å². The number of aliphatic hydroxyl groups is 1. The predicted octanol–water partition coefficient (Wildman–Crippen LogP) is 2.14. The molecular weight excluding hydrogens is 240 g/mol. The summed E-state index contributed by atoms with van der Waals surface area (Å²) in [4.78, 5) is 0. The van der Waals surface area contributed by atoms with Crippen LogP contribution in [0.25, 0.3) is 0 Å². The summed E-state index contributed by atoms with van der Waals surface area (Å²) in [6, 6.07) is 0. The van der Waals surface area contributed by atoms with Crippen molar-refractivity contribution in [2.75, 3.05) is 6.61 Å². The van der Waals surface area contributed by atoms with Gasteiger partial charge in [-0.05, 0) is 37.2 Å². The minimum absolute atomic E-state index is 0.0530.